The molecule has 0 bridgehead atoms. The Morgan fingerprint density at radius 2 is 0.923 bits per heavy atom. The van der Waals surface area contributed by atoms with Gasteiger partial charge in [-0.05, 0) is 19.3 Å². The average Bonchev–Trinajstić information content (AvgIpc) is 2.57. The molecule has 0 aliphatic heterocycles. The summed E-state index contributed by atoms with van der Waals surface area (Å²) in [5, 5.41) is 10.1. The van der Waals surface area contributed by atoms with Crippen LogP contribution in [0.3, 0.4) is 0 Å². The Hall–Kier alpha value is -0.130. The molecular weight excluding hydrogens is 348 g/mol. The Morgan fingerprint density at radius 1 is 0.577 bits per heavy atom. The molecular formula is C21H44O4S. The largest absolute Gasteiger partial charge is 0.372 e. The van der Waals surface area contributed by atoms with Gasteiger partial charge < -0.3 is 5.11 Å². The van der Waals surface area contributed by atoms with Gasteiger partial charge in [0.05, 0.1) is 0 Å². The molecule has 2 N–H and O–H groups in total. The second-order valence-corrected chi connectivity index (χ2v) is 9.58. The molecule has 0 aromatic rings. The van der Waals surface area contributed by atoms with E-state index in [1.165, 1.54) is 77.0 Å². The van der Waals surface area contributed by atoms with E-state index in [4.69, 9.17) is 0 Å². The normalized spacial score (nSPS) is 14.5. The van der Waals surface area contributed by atoms with Crippen LogP contribution < -0.4 is 0 Å². The monoisotopic (exact) mass is 392 g/mol. The molecule has 5 heteroatoms. The predicted octanol–water partition coefficient (Wildman–Crippen LogP) is 6.62. The van der Waals surface area contributed by atoms with E-state index in [1.54, 1.807) is 0 Å². The standard InChI is InChI=1S/C21H44O4S/c1-3-5-6-7-8-9-10-11-12-13-14-15-16-17-18-20-21(22,19-4-2)26(23,24)25/h22H,3-20H2,1-2H3,(H,23,24,25). The Kier molecular flexibility index (Phi) is 15.8. The van der Waals surface area contributed by atoms with E-state index in [1.807, 2.05) is 6.92 Å². The smallest absolute Gasteiger partial charge is 0.294 e. The van der Waals surface area contributed by atoms with Gasteiger partial charge in [0.2, 0.25) is 0 Å². The van der Waals surface area contributed by atoms with Crippen LogP contribution in [0, 0.1) is 0 Å². The van der Waals surface area contributed by atoms with Crippen LogP contribution in [0.1, 0.15) is 129 Å². The summed E-state index contributed by atoms with van der Waals surface area (Å²) < 4.78 is 31.9. The number of hydrogen-bond donors (Lipinski definition) is 2. The molecule has 0 radical (unpaired) electrons. The first-order valence-electron chi connectivity index (χ1n) is 11.1. The number of rotatable bonds is 19. The third-order valence-electron chi connectivity index (χ3n) is 5.29. The van der Waals surface area contributed by atoms with Crippen molar-refractivity contribution >= 4 is 10.1 Å². The van der Waals surface area contributed by atoms with Crippen molar-refractivity contribution < 1.29 is 18.1 Å². The molecule has 0 aromatic heterocycles. The van der Waals surface area contributed by atoms with E-state index in [2.05, 4.69) is 6.92 Å². The maximum atomic E-state index is 11.3. The summed E-state index contributed by atoms with van der Waals surface area (Å²) in [6.45, 7) is 4.06. The van der Waals surface area contributed by atoms with Gasteiger partial charge in [-0.1, -0.05) is 110 Å². The number of aliphatic hydroxyl groups is 1. The highest BCUT2D eigenvalue weighted by Crippen LogP contribution is 2.26. The predicted molar refractivity (Wildman–Crippen MR) is 111 cm³/mol. The topological polar surface area (TPSA) is 74.6 Å². The highest BCUT2D eigenvalue weighted by atomic mass is 32.2. The van der Waals surface area contributed by atoms with E-state index >= 15 is 0 Å². The number of unbranched alkanes of at least 4 members (excludes halogenated alkanes) is 14. The fourth-order valence-corrected chi connectivity index (χ4v) is 4.41. The lowest BCUT2D eigenvalue weighted by Gasteiger charge is -2.24. The lowest BCUT2D eigenvalue weighted by Crippen LogP contribution is -2.38. The summed E-state index contributed by atoms with van der Waals surface area (Å²) in [7, 11) is -4.39. The van der Waals surface area contributed by atoms with Gasteiger partial charge in [0.1, 0.15) is 0 Å². The first-order valence-corrected chi connectivity index (χ1v) is 12.5. The van der Waals surface area contributed by atoms with Gasteiger partial charge in [0, 0.05) is 0 Å². The van der Waals surface area contributed by atoms with Crippen LogP contribution in [0.15, 0.2) is 0 Å². The molecule has 4 nitrogen and oxygen atoms in total. The molecule has 0 saturated heterocycles. The number of hydrogen-bond acceptors (Lipinski definition) is 3. The summed E-state index contributed by atoms with van der Waals surface area (Å²) >= 11 is 0. The minimum atomic E-state index is -4.39. The second-order valence-electron chi connectivity index (χ2n) is 7.87. The Bertz CT molecular complexity index is 408. The third kappa shape index (κ3) is 13.1. The fraction of sp³-hybridized carbons (Fsp3) is 1.00. The highest BCUT2D eigenvalue weighted by molar-refractivity contribution is 7.87. The van der Waals surface area contributed by atoms with Crippen molar-refractivity contribution in [3.8, 4) is 0 Å². The van der Waals surface area contributed by atoms with Crippen molar-refractivity contribution in [1.29, 1.82) is 0 Å². The highest BCUT2D eigenvalue weighted by Gasteiger charge is 2.38. The van der Waals surface area contributed by atoms with E-state index < -0.39 is 15.1 Å². The van der Waals surface area contributed by atoms with Gasteiger partial charge in [0.25, 0.3) is 10.1 Å². The Morgan fingerprint density at radius 3 is 1.23 bits per heavy atom. The summed E-state index contributed by atoms with van der Waals surface area (Å²) in [4.78, 5) is -1.95. The summed E-state index contributed by atoms with van der Waals surface area (Å²) in [5.41, 5.74) is 0. The maximum Gasteiger partial charge on any atom is 0.294 e. The van der Waals surface area contributed by atoms with Gasteiger partial charge in [-0.3, -0.25) is 4.55 Å². The van der Waals surface area contributed by atoms with Crippen LogP contribution in [-0.2, 0) is 10.1 Å². The van der Waals surface area contributed by atoms with Gasteiger partial charge in [-0.2, -0.15) is 8.42 Å². The molecule has 0 heterocycles. The first-order chi connectivity index (χ1) is 12.4. The molecule has 0 aliphatic rings. The Labute approximate surface area is 162 Å². The van der Waals surface area contributed by atoms with Crippen LogP contribution in [0.5, 0.6) is 0 Å². The molecule has 0 aliphatic carbocycles. The van der Waals surface area contributed by atoms with Crippen LogP contribution in [0.2, 0.25) is 0 Å². The zero-order chi connectivity index (χ0) is 19.7. The van der Waals surface area contributed by atoms with Crippen molar-refractivity contribution in [1.82, 2.24) is 0 Å². The minimum Gasteiger partial charge on any atom is -0.372 e. The van der Waals surface area contributed by atoms with E-state index in [0.29, 0.717) is 12.8 Å². The summed E-state index contributed by atoms with van der Waals surface area (Å²) in [6.07, 6.45) is 19.5. The molecule has 0 amide bonds. The minimum absolute atomic E-state index is 0.102. The maximum absolute atomic E-state index is 11.3. The van der Waals surface area contributed by atoms with Crippen molar-refractivity contribution in [3.63, 3.8) is 0 Å². The van der Waals surface area contributed by atoms with Crippen molar-refractivity contribution in [2.45, 2.75) is 134 Å². The van der Waals surface area contributed by atoms with Crippen molar-refractivity contribution in [2.24, 2.45) is 0 Å². The molecule has 0 fully saturated rings. The zero-order valence-corrected chi connectivity index (χ0v) is 18.2. The van der Waals surface area contributed by atoms with E-state index in [9.17, 15) is 18.1 Å². The van der Waals surface area contributed by atoms with Gasteiger partial charge in [-0.25, -0.2) is 0 Å². The van der Waals surface area contributed by atoms with Gasteiger partial charge in [0.15, 0.2) is 4.93 Å². The van der Waals surface area contributed by atoms with E-state index in [-0.39, 0.29) is 12.8 Å². The molecule has 158 valence electrons. The molecule has 1 atom stereocenters. The summed E-state index contributed by atoms with van der Waals surface area (Å²) in [5.74, 6) is 0. The van der Waals surface area contributed by atoms with Crippen molar-refractivity contribution in [2.75, 3.05) is 0 Å². The molecule has 0 spiro atoms. The van der Waals surface area contributed by atoms with Crippen LogP contribution in [0.25, 0.3) is 0 Å². The lowest BCUT2D eigenvalue weighted by molar-refractivity contribution is 0.0906. The summed E-state index contributed by atoms with van der Waals surface area (Å²) in [6, 6.07) is 0. The molecule has 0 aromatic carbocycles. The zero-order valence-electron chi connectivity index (χ0n) is 17.3. The molecule has 1 unspecified atom stereocenters. The quantitative estimate of drug-likeness (QED) is 0.191. The average molecular weight is 393 g/mol. The second kappa shape index (κ2) is 15.9. The van der Waals surface area contributed by atoms with Crippen LogP contribution in [0.4, 0.5) is 0 Å². The fourth-order valence-electron chi connectivity index (χ4n) is 3.55. The SMILES string of the molecule is CCCCCCCCCCCCCCCCCC(O)(CCC)S(=O)(=O)O. The van der Waals surface area contributed by atoms with E-state index in [0.717, 1.165) is 12.8 Å². The van der Waals surface area contributed by atoms with Crippen LogP contribution in [-0.4, -0.2) is 23.0 Å². The first kappa shape index (κ1) is 25.9. The van der Waals surface area contributed by atoms with Gasteiger partial charge in [-0.15, -0.1) is 0 Å². The lowest BCUT2D eigenvalue weighted by atomic mass is 10.0. The Balaban J connectivity index is 3.46. The molecule has 0 rings (SSSR count). The van der Waals surface area contributed by atoms with Crippen LogP contribution >= 0.6 is 0 Å². The van der Waals surface area contributed by atoms with Gasteiger partial charge >= 0.3 is 0 Å². The molecule has 26 heavy (non-hydrogen) atoms. The van der Waals surface area contributed by atoms with Crippen molar-refractivity contribution in [3.05, 3.63) is 0 Å². The third-order valence-corrected chi connectivity index (χ3v) is 6.66. The molecule has 0 saturated carbocycles.